The highest BCUT2D eigenvalue weighted by Crippen LogP contribution is 2.16. The van der Waals surface area contributed by atoms with Gasteiger partial charge in [-0.25, -0.2) is 9.18 Å². The van der Waals surface area contributed by atoms with Crippen LogP contribution in [0.25, 0.3) is 0 Å². The number of hydrogen-bond donors (Lipinski definition) is 2. The molecule has 128 valence electrons. The minimum atomic E-state index is -0.564. The summed E-state index contributed by atoms with van der Waals surface area (Å²) in [5.74, 6) is 0.738. The van der Waals surface area contributed by atoms with Gasteiger partial charge >= 0.3 is 12.0 Å². The second kappa shape index (κ2) is 7.43. The summed E-state index contributed by atoms with van der Waals surface area (Å²) in [6.45, 7) is 0. The number of hydrogen-bond acceptors (Lipinski definition) is 5. The van der Waals surface area contributed by atoms with Gasteiger partial charge in [0.25, 0.3) is 0 Å². The molecule has 2 amide bonds. The lowest BCUT2D eigenvalue weighted by Crippen LogP contribution is -2.19. The third kappa shape index (κ3) is 4.54. The zero-order valence-electron chi connectivity index (χ0n) is 13.3. The number of nitrogens with zero attached hydrogens (tertiary/aromatic N) is 2. The number of ether oxygens (including phenoxy) is 1. The first-order valence-corrected chi connectivity index (χ1v) is 7.41. The van der Waals surface area contributed by atoms with Gasteiger partial charge in [0.1, 0.15) is 11.6 Å². The minimum absolute atomic E-state index is 0.0249. The lowest BCUT2D eigenvalue weighted by molar-refractivity contribution is 0.261. The summed E-state index contributed by atoms with van der Waals surface area (Å²) in [6, 6.07) is 12.2. The molecule has 25 heavy (non-hydrogen) atoms. The van der Waals surface area contributed by atoms with Crippen molar-refractivity contribution >= 4 is 17.7 Å². The van der Waals surface area contributed by atoms with E-state index in [1.54, 1.807) is 7.11 Å². The van der Waals surface area contributed by atoms with Crippen LogP contribution in [0.3, 0.4) is 0 Å². The summed E-state index contributed by atoms with van der Waals surface area (Å²) in [5, 5.41) is 12.6. The second-order valence-electron chi connectivity index (χ2n) is 5.11. The highest BCUT2D eigenvalue weighted by molar-refractivity contribution is 5.98. The van der Waals surface area contributed by atoms with Gasteiger partial charge in [-0.15, -0.1) is 5.10 Å². The van der Waals surface area contributed by atoms with E-state index in [1.165, 1.54) is 24.3 Å². The Kier molecular flexibility index (Phi) is 4.89. The molecule has 0 unspecified atom stereocenters. The van der Waals surface area contributed by atoms with E-state index < -0.39 is 6.03 Å². The van der Waals surface area contributed by atoms with Crippen LogP contribution in [0.4, 0.5) is 20.9 Å². The van der Waals surface area contributed by atoms with Crippen LogP contribution >= 0.6 is 0 Å². The Balaban J connectivity index is 1.57. The predicted octanol–water partition coefficient (Wildman–Crippen LogP) is 3.45. The van der Waals surface area contributed by atoms with E-state index in [0.29, 0.717) is 18.0 Å². The van der Waals surface area contributed by atoms with E-state index in [9.17, 15) is 9.18 Å². The summed E-state index contributed by atoms with van der Waals surface area (Å²) < 4.78 is 23.3. The Morgan fingerprint density at radius 2 is 1.80 bits per heavy atom. The Morgan fingerprint density at radius 1 is 1.08 bits per heavy atom. The molecule has 0 atom stereocenters. The Bertz CT molecular complexity index is 847. The van der Waals surface area contributed by atoms with Gasteiger partial charge in [-0.05, 0) is 42.0 Å². The highest BCUT2D eigenvalue weighted by Gasteiger charge is 2.10. The SMILES string of the molecule is COc1ccc(Cc2nnc(NC(=O)Nc3ccc(F)cc3)o2)cc1. The van der Waals surface area contributed by atoms with Gasteiger partial charge in [-0.1, -0.05) is 17.2 Å². The number of anilines is 2. The molecule has 7 nitrogen and oxygen atoms in total. The zero-order valence-corrected chi connectivity index (χ0v) is 13.3. The smallest absolute Gasteiger partial charge is 0.327 e. The van der Waals surface area contributed by atoms with E-state index in [1.807, 2.05) is 24.3 Å². The maximum atomic E-state index is 12.8. The molecular weight excluding hydrogens is 327 g/mol. The van der Waals surface area contributed by atoms with E-state index in [0.717, 1.165) is 11.3 Å². The summed E-state index contributed by atoms with van der Waals surface area (Å²) in [5.41, 5.74) is 1.41. The van der Waals surface area contributed by atoms with Gasteiger partial charge in [0.2, 0.25) is 5.89 Å². The predicted molar refractivity (Wildman–Crippen MR) is 89.1 cm³/mol. The van der Waals surface area contributed by atoms with Crippen molar-refractivity contribution in [1.82, 2.24) is 10.2 Å². The van der Waals surface area contributed by atoms with Crippen LogP contribution in [0.15, 0.2) is 52.9 Å². The van der Waals surface area contributed by atoms with E-state index in [-0.39, 0.29) is 11.8 Å². The lowest BCUT2D eigenvalue weighted by Gasteiger charge is -2.04. The van der Waals surface area contributed by atoms with Crippen LogP contribution in [0, 0.1) is 5.82 Å². The first-order valence-electron chi connectivity index (χ1n) is 7.41. The van der Waals surface area contributed by atoms with Crippen molar-refractivity contribution < 1.29 is 18.3 Å². The zero-order chi connectivity index (χ0) is 17.6. The molecule has 0 saturated heterocycles. The van der Waals surface area contributed by atoms with Crippen molar-refractivity contribution in [3.8, 4) is 5.75 Å². The van der Waals surface area contributed by atoms with Crippen molar-refractivity contribution in [3.63, 3.8) is 0 Å². The van der Waals surface area contributed by atoms with E-state index in [4.69, 9.17) is 9.15 Å². The number of rotatable bonds is 5. The van der Waals surface area contributed by atoms with Crippen molar-refractivity contribution in [2.24, 2.45) is 0 Å². The first kappa shape index (κ1) is 16.4. The summed E-state index contributed by atoms with van der Waals surface area (Å²) in [7, 11) is 1.60. The Hall–Kier alpha value is -3.42. The Morgan fingerprint density at radius 3 is 2.48 bits per heavy atom. The fourth-order valence-electron chi connectivity index (χ4n) is 2.09. The molecule has 0 bridgehead atoms. The van der Waals surface area contributed by atoms with Crippen molar-refractivity contribution in [2.45, 2.75) is 6.42 Å². The minimum Gasteiger partial charge on any atom is -0.497 e. The molecule has 0 fully saturated rings. The molecule has 3 rings (SSSR count). The largest absolute Gasteiger partial charge is 0.497 e. The normalized spacial score (nSPS) is 10.3. The molecule has 1 aromatic heterocycles. The first-order chi connectivity index (χ1) is 12.1. The molecule has 0 aliphatic heterocycles. The number of carbonyl (C=O) groups is 1. The molecule has 3 aromatic rings. The standard InChI is InChI=1S/C17H15FN4O3/c1-24-14-8-2-11(3-9-14)10-15-21-22-17(25-15)20-16(23)19-13-6-4-12(18)5-7-13/h2-9H,10H2,1H3,(H2,19,20,22,23). The maximum Gasteiger partial charge on any atom is 0.327 e. The molecule has 0 aliphatic rings. The van der Waals surface area contributed by atoms with Crippen molar-refractivity contribution in [2.75, 3.05) is 17.7 Å². The average Bonchev–Trinajstić information content (AvgIpc) is 3.04. The number of amides is 2. The molecule has 0 radical (unpaired) electrons. The van der Waals surface area contributed by atoms with Crippen molar-refractivity contribution in [3.05, 3.63) is 65.8 Å². The number of methoxy groups -OCH3 is 1. The van der Waals surface area contributed by atoms with Gasteiger partial charge in [0.05, 0.1) is 13.5 Å². The number of benzene rings is 2. The molecule has 2 N–H and O–H groups in total. The number of carbonyl (C=O) groups excluding carboxylic acids is 1. The number of nitrogens with one attached hydrogen (secondary N) is 2. The third-order valence-electron chi connectivity index (χ3n) is 3.30. The van der Waals surface area contributed by atoms with Gasteiger partial charge in [-0.2, -0.15) is 0 Å². The number of aromatic nitrogens is 2. The maximum absolute atomic E-state index is 12.8. The van der Waals surface area contributed by atoms with Crippen molar-refractivity contribution in [1.29, 1.82) is 0 Å². The quantitative estimate of drug-likeness (QED) is 0.741. The highest BCUT2D eigenvalue weighted by atomic mass is 19.1. The Labute approximate surface area is 142 Å². The van der Waals surface area contributed by atoms with Crippen LogP contribution in [0.5, 0.6) is 5.75 Å². The lowest BCUT2D eigenvalue weighted by atomic mass is 10.1. The van der Waals surface area contributed by atoms with Crippen LogP contribution in [-0.4, -0.2) is 23.3 Å². The molecule has 8 heteroatoms. The summed E-state index contributed by atoms with van der Waals surface area (Å²) >= 11 is 0. The molecule has 0 spiro atoms. The summed E-state index contributed by atoms with van der Waals surface area (Å²) in [4.78, 5) is 11.8. The van der Waals surface area contributed by atoms with E-state index >= 15 is 0 Å². The van der Waals surface area contributed by atoms with Crippen LogP contribution in [0.2, 0.25) is 0 Å². The second-order valence-corrected chi connectivity index (χ2v) is 5.11. The molecule has 1 heterocycles. The van der Waals surface area contributed by atoms with Gasteiger partial charge in [0, 0.05) is 5.69 Å². The van der Waals surface area contributed by atoms with Crippen LogP contribution in [0.1, 0.15) is 11.5 Å². The monoisotopic (exact) mass is 342 g/mol. The number of urea groups is 1. The molecule has 0 saturated carbocycles. The van der Waals surface area contributed by atoms with Gasteiger partial charge in [0.15, 0.2) is 0 Å². The molecular formula is C17H15FN4O3. The van der Waals surface area contributed by atoms with E-state index in [2.05, 4.69) is 20.8 Å². The van der Waals surface area contributed by atoms with Crippen LogP contribution < -0.4 is 15.4 Å². The summed E-state index contributed by atoms with van der Waals surface area (Å²) in [6.07, 6.45) is 0.429. The van der Waals surface area contributed by atoms with Crippen LogP contribution in [-0.2, 0) is 6.42 Å². The van der Waals surface area contributed by atoms with Gasteiger partial charge in [-0.3, -0.25) is 5.32 Å². The topological polar surface area (TPSA) is 89.3 Å². The average molecular weight is 342 g/mol. The fourth-order valence-corrected chi connectivity index (χ4v) is 2.09. The van der Waals surface area contributed by atoms with Gasteiger partial charge < -0.3 is 14.5 Å². The molecule has 2 aromatic carbocycles. The fraction of sp³-hybridized carbons (Fsp3) is 0.118. The third-order valence-corrected chi connectivity index (χ3v) is 3.30. The molecule has 0 aliphatic carbocycles. The number of halogens is 1.